The minimum atomic E-state index is -0.201. The molecule has 0 unspecified atom stereocenters. The van der Waals surface area contributed by atoms with Gasteiger partial charge in [-0.25, -0.2) is 0 Å². The number of fused-ring (bicyclic) bond motifs is 1. The largest absolute Gasteiger partial charge is 0.305 e. The predicted molar refractivity (Wildman–Crippen MR) is 87.9 cm³/mol. The maximum Gasteiger partial charge on any atom is 0.269 e. The molecule has 0 amide bonds. The Morgan fingerprint density at radius 1 is 1.09 bits per heavy atom. The second-order valence-corrected chi connectivity index (χ2v) is 6.20. The van der Waals surface area contributed by atoms with Crippen molar-refractivity contribution in [3.8, 4) is 17.3 Å². The molecule has 3 heteroatoms. The van der Waals surface area contributed by atoms with Crippen LogP contribution in [-0.4, -0.2) is 4.57 Å². The first-order valence-corrected chi connectivity index (χ1v) is 7.89. The highest BCUT2D eigenvalue weighted by molar-refractivity contribution is 5.62. The third kappa shape index (κ3) is 2.46. The van der Waals surface area contributed by atoms with Gasteiger partial charge in [0.15, 0.2) is 0 Å². The topological polar surface area (TPSA) is 45.8 Å². The van der Waals surface area contributed by atoms with Crippen LogP contribution in [0, 0.1) is 11.3 Å². The van der Waals surface area contributed by atoms with Crippen molar-refractivity contribution in [1.82, 2.24) is 4.57 Å². The Balaban J connectivity index is 2.18. The number of hydrogen-bond donors (Lipinski definition) is 0. The van der Waals surface area contributed by atoms with Crippen molar-refractivity contribution in [3.05, 3.63) is 57.4 Å². The van der Waals surface area contributed by atoms with Gasteiger partial charge < -0.3 is 4.57 Å². The van der Waals surface area contributed by atoms with Crippen LogP contribution in [0.15, 0.2) is 35.1 Å². The van der Waals surface area contributed by atoms with Gasteiger partial charge in [0, 0.05) is 6.04 Å². The quantitative estimate of drug-likeness (QED) is 0.844. The molecule has 1 heterocycles. The first-order valence-electron chi connectivity index (χ1n) is 7.89. The summed E-state index contributed by atoms with van der Waals surface area (Å²) in [6.45, 7) is 3.95. The Bertz CT molecular complexity index is 809. The van der Waals surface area contributed by atoms with Crippen LogP contribution < -0.4 is 5.56 Å². The number of aryl methyl sites for hydroxylation is 2. The maximum atomic E-state index is 12.5. The Morgan fingerprint density at radius 3 is 2.50 bits per heavy atom. The van der Waals surface area contributed by atoms with E-state index in [9.17, 15) is 4.79 Å². The molecule has 0 saturated carbocycles. The Morgan fingerprint density at radius 2 is 1.82 bits per heavy atom. The van der Waals surface area contributed by atoms with E-state index in [1.54, 1.807) is 10.6 Å². The number of hydrogen-bond acceptors (Lipinski definition) is 2. The smallest absolute Gasteiger partial charge is 0.269 e. The third-order valence-corrected chi connectivity index (χ3v) is 4.40. The minimum Gasteiger partial charge on any atom is -0.305 e. The van der Waals surface area contributed by atoms with Crippen molar-refractivity contribution >= 4 is 0 Å². The number of rotatable bonds is 2. The van der Waals surface area contributed by atoms with Crippen LogP contribution in [0.3, 0.4) is 0 Å². The lowest BCUT2D eigenvalue weighted by molar-refractivity contribution is 0.583. The van der Waals surface area contributed by atoms with E-state index in [0.717, 1.165) is 24.1 Å². The Hall–Kier alpha value is -2.34. The van der Waals surface area contributed by atoms with E-state index in [-0.39, 0.29) is 17.2 Å². The van der Waals surface area contributed by atoms with E-state index in [4.69, 9.17) is 5.26 Å². The first-order chi connectivity index (χ1) is 10.6. The van der Waals surface area contributed by atoms with E-state index in [0.29, 0.717) is 0 Å². The highest BCUT2D eigenvalue weighted by Gasteiger charge is 2.15. The molecule has 112 valence electrons. The molecule has 3 rings (SSSR count). The fourth-order valence-electron chi connectivity index (χ4n) is 3.28. The lowest BCUT2D eigenvalue weighted by Gasteiger charge is -2.20. The third-order valence-electron chi connectivity index (χ3n) is 4.40. The minimum absolute atomic E-state index is 0.0202. The highest BCUT2D eigenvalue weighted by atomic mass is 16.1. The molecule has 0 aliphatic heterocycles. The molecule has 0 radical (unpaired) electrons. The van der Waals surface area contributed by atoms with Crippen LogP contribution in [0.4, 0.5) is 0 Å². The van der Waals surface area contributed by atoms with E-state index in [1.807, 2.05) is 26.0 Å². The normalized spacial score (nSPS) is 13.7. The summed E-state index contributed by atoms with van der Waals surface area (Å²) in [7, 11) is 0. The Labute approximate surface area is 130 Å². The monoisotopic (exact) mass is 292 g/mol. The van der Waals surface area contributed by atoms with Gasteiger partial charge in [-0.15, -0.1) is 0 Å². The van der Waals surface area contributed by atoms with Crippen LogP contribution in [0.1, 0.15) is 49.4 Å². The van der Waals surface area contributed by atoms with Crippen molar-refractivity contribution in [2.75, 3.05) is 0 Å². The lowest BCUT2D eigenvalue weighted by atomic mass is 9.89. The predicted octanol–water partition coefficient (Wildman–Crippen LogP) is 3.85. The molecule has 3 nitrogen and oxygen atoms in total. The van der Waals surface area contributed by atoms with Crippen molar-refractivity contribution in [2.45, 2.75) is 45.6 Å². The van der Waals surface area contributed by atoms with Gasteiger partial charge in [0.1, 0.15) is 11.6 Å². The SMILES string of the molecule is CC(C)n1c(-c2ccc3c(c2)CCCC3)ccc(C#N)c1=O. The standard InChI is InChI=1S/C19H20N2O/c1-13(2)21-18(10-9-17(12-20)19(21)22)16-8-7-14-5-3-4-6-15(14)11-16/h7-11,13H,3-6H2,1-2H3. The van der Waals surface area contributed by atoms with Gasteiger partial charge in [0.25, 0.3) is 5.56 Å². The number of aromatic nitrogens is 1. The summed E-state index contributed by atoms with van der Waals surface area (Å²) in [6.07, 6.45) is 4.77. The molecule has 0 spiro atoms. The maximum absolute atomic E-state index is 12.5. The van der Waals surface area contributed by atoms with Gasteiger partial charge in [-0.1, -0.05) is 12.1 Å². The van der Waals surface area contributed by atoms with Gasteiger partial charge in [0.05, 0.1) is 5.69 Å². The van der Waals surface area contributed by atoms with E-state index >= 15 is 0 Å². The van der Waals surface area contributed by atoms with Gasteiger partial charge in [-0.05, 0) is 74.4 Å². The van der Waals surface area contributed by atoms with E-state index < -0.39 is 0 Å². The van der Waals surface area contributed by atoms with Crippen molar-refractivity contribution in [1.29, 1.82) is 5.26 Å². The van der Waals surface area contributed by atoms with E-state index in [2.05, 4.69) is 18.2 Å². The van der Waals surface area contributed by atoms with Crippen molar-refractivity contribution < 1.29 is 0 Å². The number of nitrogens with zero attached hydrogens (tertiary/aromatic N) is 2. The fourth-order valence-corrected chi connectivity index (χ4v) is 3.28. The molecule has 1 aromatic heterocycles. The summed E-state index contributed by atoms with van der Waals surface area (Å²) in [5, 5.41) is 9.08. The molecule has 22 heavy (non-hydrogen) atoms. The summed E-state index contributed by atoms with van der Waals surface area (Å²) >= 11 is 0. The second kappa shape index (κ2) is 5.81. The number of pyridine rings is 1. The summed E-state index contributed by atoms with van der Waals surface area (Å²) in [5.41, 5.74) is 4.80. The molecule has 1 aromatic carbocycles. The molecular weight excluding hydrogens is 272 g/mol. The molecule has 0 N–H and O–H groups in total. The van der Waals surface area contributed by atoms with Crippen molar-refractivity contribution in [2.24, 2.45) is 0 Å². The molecule has 1 aliphatic carbocycles. The van der Waals surface area contributed by atoms with Crippen LogP contribution in [0.5, 0.6) is 0 Å². The highest BCUT2D eigenvalue weighted by Crippen LogP contribution is 2.28. The van der Waals surface area contributed by atoms with Crippen molar-refractivity contribution in [3.63, 3.8) is 0 Å². The molecule has 0 fully saturated rings. The molecule has 0 bridgehead atoms. The van der Waals surface area contributed by atoms with E-state index in [1.165, 1.54) is 24.0 Å². The molecule has 0 saturated heterocycles. The Kier molecular flexibility index (Phi) is 3.85. The van der Waals surface area contributed by atoms with Crippen LogP contribution in [-0.2, 0) is 12.8 Å². The van der Waals surface area contributed by atoms with Crippen LogP contribution in [0.25, 0.3) is 11.3 Å². The molecule has 2 aromatic rings. The van der Waals surface area contributed by atoms with Crippen LogP contribution in [0.2, 0.25) is 0 Å². The second-order valence-electron chi connectivity index (χ2n) is 6.20. The summed E-state index contributed by atoms with van der Waals surface area (Å²) in [5.74, 6) is 0. The van der Waals surface area contributed by atoms with Gasteiger partial charge in [0.2, 0.25) is 0 Å². The van der Waals surface area contributed by atoms with Gasteiger partial charge in [-0.3, -0.25) is 4.79 Å². The summed E-state index contributed by atoms with van der Waals surface area (Å²) in [4.78, 5) is 12.5. The average Bonchev–Trinajstić information content (AvgIpc) is 2.53. The zero-order valence-corrected chi connectivity index (χ0v) is 13.1. The average molecular weight is 292 g/mol. The fraction of sp³-hybridized carbons (Fsp3) is 0.368. The molecule has 0 atom stereocenters. The number of nitriles is 1. The molecular formula is C19H20N2O. The zero-order chi connectivity index (χ0) is 15.7. The number of benzene rings is 1. The lowest BCUT2D eigenvalue weighted by Crippen LogP contribution is -2.25. The zero-order valence-electron chi connectivity index (χ0n) is 13.1. The first kappa shape index (κ1) is 14.6. The summed E-state index contributed by atoms with van der Waals surface area (Å²) < 4.78 is 1.73. The van der Waals surface area contributed by atoms with Crippen LogP contribution >= 0.6 is 0 Å². The summed E-state index contributed by atoms with van der Waals surface area (Å²) in [6, 6.07) is 12.0. The molecule has 1 aliphatic rings. The van der Waals surface area contributed by atoms with Gasteiger partial charge >= 0.3 is 0 Å². The van der Waals surface area contributed by atoms with Gasteiger partial charge in [-0.2, -0.15) is 5.26 Å².